The summed E-state index contributed by atoms with van der Waals surface area (Å²) in [5.74, 6) is -0.493. The summed E-state index contributed by atoms with van der Waals surface area (Å²) in [4.78, 5) is 21.9. The maximum absolute atomic E-state index is 14.0. The van der Waals surface area contributed by atoms with Gasteiger partial charge in [0.1, 0.15) is 0 Å². The van der Waals surface area contributed by atoms with Gasteiger partial charge in [0.15, 0.2) is 0 Å². The minimum Gasteiger partial charge on any atom is -0.398 e. The second kappa shape index (κ2) is 11.7. The summed E-state index contributed by atoms with van der Waals surface area (Å²) in [7, 11) is 2.00. The summed E-state index contributed by atoms with van der Waals surface area (Å²) in [6.45, 7) is 5.18. The Morgan fingerprint density at radius 1 is 0.951 bits per heavy atom. The normalized spacial score (nSPS) is 14.7. The van der Waals surface area contributed by atoms with Crippen LogP contribution < -0.4 is 11.1 Å². The molecule has 0 radical (unpaired) electrons. The second-order valence-corrected chi connectivity index (χ2v) is 10.5. The number of aryl methyl sites for hydroxylation is 1. The number of aromatic nitrogens is 1. The van der Waals surface area contributed by atoms with Crippen molar-refractivity contribution in [2.24, 2.45) is 0 Å². The highest BCUT2D eigenvalue weighted by molar-refractivity contribution is 6.05. The van der Waals surface area contributed by atoms with Gasteiger partial charge in [-0.1, -0.05) is 36.4 Å². The molecular formula is C32H32F3N5O. The highest BCUT2D eigenvalue weighted by Crippen LogP contribution is 2.35. The van der Waals surface area contributed by atoms with Crippen LogP contribution in [-0.4, -0.2) is 53.9 Å². The van der Waals surface area contributed by atoms with E-state index in [1.54, 1.807) is 18.3 Å². The summed E-state index contributed by atoms with van der Waals surface area (Å²) in [6.07, 6.45) is -2.82. The fraction of sp³-hybridized carbons (Fsp3) is 0.250. The van der Waals surface area contributed by atoms with Crippen molar-refractivity contribution in [3.63, 3.8) is 0 Å². The monoisotopic (exact) mass is 559 g/mol. The van der Waals surface area contributed by atoms with Crippen molar-refractivity contribution in [3.8, 4) is 22.4 Å². The first-order valence-corrected chi connectivity index (χ1v) is 13.4. The number of alkyl halides is 3. The second-order valence-electron chi connectivity index (χ2n) is 10.5. The van der Waals surface area contributed by atoms with Crippen LogP contribution in [0, 0.1) is 6.92 Å². The molecule has 212 valence electrons. The number of likely N-dealkylation sites (N-methyl/N-ethyl adjacent to an activating group) is 1. The molecule has 1 saturated heterocycles. The van der Waals surface area contributed by atoms with Gasteiger partial charge in [0.05, 0.1) is 11.3 Å². The number of benzene rings is 3. The van der Waals surface area contributed by atoms with Crippen LogP contribution in [0.15, 0.2) is 79.0 Å². The van der Waals surface area contributed by atoms with Crippen LogP contribution in [0.5, 0.6) is 0 Å². The van der Waals surface area contributed by atoms with E-state index < -0.39 is 17.6 Å². The van der Waals surface area contributed by atoms with E-state index in [1.165, 1.54) is 12.1 Å². The lowest BCUT2D eigenvalue weighted by Crippen LogP contribution is -2.44. The van der Waals surface area contributed by atoms with E-state index in [2.05, 4.69) is 15.2 Å². The smallest absolute Gasteiger partial charge is 0.398 e. The van der Waals surface area contributed by atoms with Crippen LogP contribution in [0.25, 0.3) is 22.4 Å². The summed E-state index contributed by atoms with van der Waals surface area (Å²) >= 11 is 0. The highest BCUT2D eigenvalue weighted by atomic mass is 19.4. The molecule has 3 N–H and O–H groups in total. The Labute approximate surface area is 237 Å². The van der Waals surface area contributed by atoms with E-state index in [1.807, 2.05) is 61.3 Å². The molecule has 3 aromatic carbocycles. The summed E-state index contributed by atoms with van der Waals surface area (Å²) in [6, 6.07) is 20.5. The maximum atomic E-state index is 14.0. The Hall–Kier alpha value is -4.21. The number of carbonyl (C=O) groups excluding carboxylic acids is 1. The van der Waals surface area contributed by atoms with Crippen molar-refractivity contribution in [1.82, 2.24) is 14.8 Å². The third-order valence-electron chi connectivity index (χ3n) is 7.47. The SMILES string of the molecule is Cc1ccc(C(=O)Nc2ccc(CN3CCN(C)CC3)c(C(F)(F)F)c2)cc1-c1ccc(-c2ccccc2N)nc1. The number of rotatable bonds is 6. The molecule has 0 unspecified atom stereocenters. The lowest BCUT2D eigenvalue weighted by molar-refractivity contribution is -0.138. The molecule has 5 rings (SSSR count). The molecule has 4 aromatic rings. The lowest BCUT2D eigenvalue weighted by atomic mass is 9.98. The molecule has 0 aliphatic carbocycles. The molecule has 6 nitrogen and oxygen atoms in total. The van der Waals surface area contributed by atoms with Gasteiger partial charge in [0.25, 0.3) is 5.91 Å². The zero-order chi connectivity index (χ0) is 29.1. The first kappa shape index (κ1) is 28.3. The third-order valence-corrected chi connectivity index (χ3v) is 7.47. The Morgan fingerprint density at radius 3 is 2.39 bits per heavy atom. The molecular weight excluding hydrogens is 527 g/mol. The molecule has 41 heavy (non-hydrogen) atoms. The number of piperazine rings is 1. The average Bonchev–Trinajstić information content (AvgIpc) is 2.95. The highest BCUT2D eigenvalue weighted by Gasteiger charge is 2.34. The minimum atomic E-state index is -4.54. The number of nitrogens with two attached hydrogens (primary N) is 1. The number of hydrogen-bond acceptors (Lipinski definition) is 5. The van der Waals surface area contributed by atoms with Crippen molar-refractivity contribution >= 4 is 17.3 Å². The third kappa shape index (κ3) is 6.58. The van der Waals surface area contributed by atoms with Crippen molar-refractivity contribution in [2.75, 3.05) is 44.3 Å². The predicted molar refractivity (Wildman–Crippen MR) is 156 cm³/mol. The first-order valence-electron chi connectivity index (χ1n) is 13.4. The molecule has 1 aliphatic rings. The number of para-hydroxylation sites is 1. The number of anilines is 2. The van der Waals surface area contributed by atoms with Gasteiger partial charge in [-0.2, -0.15) is 13.2 Å². The van der Waals surface area contributed by atoms with E-state index in [-0.39, 0.29) is 17.8 Å². The van der Waals surface area contributed by atoms with Crippen LogP contribution in [0.4, 0.5) is 24.5 Å². The number of pyridine rings is 1. The Kier molecular flexibility index (Phi) is 8.10. The summed E-state index contributed by atoms with van der Waals surface area (Å²) in [5.41, 5.74) is 10.7. The van der Waals surface area contributed by atoms with Gasteiger partial charge >= 0.3 is 6.18 Å². The molecule has 0 bridgehead atoms. The molecule has 1 fully saturated rings. The maximum Gasteiger partial charge on any atom is 0.416 e. The number of nitrogens with one attached hydrogen (secondary N) is 1. The van der Waals surface area contributed by atoms with E-state index >= 15 is 0 Å². The van der Waals surface area contributed by atoms with Gasteiger partial charge in [0, 0.05) is 67.0 Å². The van der Waals surface area contributed by atoms with Gasteiger partial charge in [-0.25, -0.2) is 0 Å². The van der Waals surface area contributed by atoms with Crippen LogP contribution in [0.2, 0.25) is 0 Å². The Bertz CT molecular complexity index is 1540. The summed E-state index contributed by atoms with van der Waals surface area (Å²) in [5, 5.41) is 2.65. The molecule has 1 amide bonds. The lowest BCUT2D eigenvalue weighted by Gasteiger charge is -2.33. The van der Waals surface area contributed by atoms with Crippen LogP contribution >= 0.6 is 0 Å². The molecule has 0 atom stereocenters. The van der Waals surface area contributed by atoms with Gasteiger partial charge in [0.2, 0.25) is 0 Å². The van der Waals surface area contributed by atoms with Crippen molar-refractivity contribution in [3.05, 3.63) is 101 Å². The number of hydrogen-bond donors (Lipinski definition) is 2. The molecule has 0 saturated carbocycles. The number of nitrogens with zero attached hydrogens (tertiary/aromatic N) is 3. The van der Waals surface area contributed by atoms with Gasteiger partial charge in [-0.15, -0.1) is 0 Å². The average molecular weight is 560 g/mol. The number of amides is 1. The summed E-state index contributed by atoms with van der Waals surface area (Å²) < 4.78 is 42.0. The largest absolute Gasteiger partial charge is 0.416 e. The zero-order valence-electron chi connectivity index (χ0n) is 23.0. The predicted octanol–water partition coefficient (Wildman–Crippen LogP) is 6.32. The van der Waals surface area contributed by atoms with Crippen molar-refractivity contribution < 1.29 is 18.0 Å². The van der Waals surface area contributed by atoms with Gasteiger partial charge in [-0.3, -0.25) is 14.7 Å². The van der Waals surface area contributed by atoms with Crippen LogP contribution in [0.1, 0.15) is 27.0 Å². The quantitative estimate of drug-likeness (QED) is 0.270. The van der Waals surface area contributed by atoms with E-state index in [0.717, 1.165) is 47.1 Å². The first-order chi connectivity index (χ1) is 19.6. The molecule has 2 heterocycles. The van der Waals surface area contributed by atoms with Crippen LogP contribution in [0.3, 0.4) is 0 Å². The molecule has 0 spiro atoms. The molecule has 9 heteroatoms. The number of nitrogen functional groups attached to an aromatic ring is 1. The Morgan fingerprint density at radius 2 is 1.71 bits per heavy atom. The number of halogens is 3. The Balaban J connectivity index is 1.35. The standard InChI is InChI=1S/C32H32F3N5O/c1-21-7-8-22(17-27(21)23-10-12-30(37-19-23)26-5-3-4-6-29(26)36)31(41)38-25-11-9-24(28(18-25)32(33,34)35)20-40-15-13-39(2)14-16-40/h3-12,17-19H,13-16,20,36H2,1-2H3,(H,38,41). The minimum absolute atomic E-state index is 0.0954. The molecule has 1 aliphatic heterocycles. The number of carbonyl (C=O) groups is 1. The van der Waals surface area contributed by atoms with E-state index in [9.17, 15) is 18.0 Å². The fourth-order valence-corrected chi connectivity index (χ4v) is 5.02. The van der Waals surface area contributed by atoms with E-state index in [0.29, 0.717) is 24.3 Å². The molecule has 1 aromatic heterocycles. The van der Waals surface area contributed by atoms with Gasteiger partial charge in [-0.05, 0) is 67.1 Å². The van der Waals surface area contributed by atoms with Crippen molar-refractivity contribution in [1.29, 1.82) is 0 Å². The van der Waals surface area contributed by atoms with Crippen molar-refractivity contribution in [2.45, 2.75) is 19.6 Å². The zero-order valence-corrected chi connectivity index (χ0v) is 23.0. The fourth-order valence-electron chi connectivity index (χ4n) is 5.02. The van der Waals surface area contributed by atoms with E-state index in [4.69, 9.17) is 5.73 Å². The van der Waals surface area contributed by atoms with Gasteiger partial charge < -0.3 is 16.0 Å². The van der Waals surface area contributed by atoms with Crippen LogP contribution in [-0.2, 0) is 12.7 Å². The topological polar surface area (TPSA) is 74.5 Å².